The summed E-state index contributed by atoms with van der Waals surface area (Å²) in [4.78, 5) is 12.1. The van der Waals surface area contributed by atoms with Crippen LogP contribution in [0.15, 0.2) is 24.8 Å². The number of hydrogen-bond donors (Lipinski definition) is 2. The van der Waals surface area contributed by atoms with Gasteiger partial charge in [0.15, 0.2) is 0 Å². The van der Waals surface area contributed by atoms with Gasteiger partial charge in [-0.1, -0.05) is 0 Å². The summed E-state index contributed by atoms with van der Waals surface area (Å²) in [7, 11) is -10.3. The first-order valence-corrected chi connectivity index (χ1v) is 7.07. The summed E-state index contributed by atoms with van der Waals surface area (Å²) < 4.78 is 68.2. The SMILES string of the molecule is O=S(=O)([O-])[O-].O=S(=O)([O-])[O-].[Mn+2].[OH3+].[OH3+].[OH3+].[OH3+].[OH3+].[OH3+].c1c[nH+]c(-c2[nH]cc[nH+]2)[nH]1. The van der Waals surface area contributed by atoms with Crippen LogP contribution in [0.2, 0.25) is 0 Å². The first-order valence-electron chi connectivity index (χ1n) is 4.40. The Balaban J connectivity index is -0.0000000320. The number of rotatable bonds is 1. The molecule has 1 radical (unpaired) electrons. The van der Waals surface area contributed by atoms with Crippen molar-refractivity contribution in [1.29, 1.82) is 0 Å². The van der Waals surface area contributed by atoms with Crippen molar-refractivity contribution in [3.05, 3.63) is 24.8 Å². The Labute approximate surface area is 162 Å². The Hall–Kier alpha value is -1.56. The third kappa shape index (κ3) is 45.5. The molecule has 0 aliphatic rings. The smallest absolute Gasteiger partial charge is 0.759 e. The molecule has 0 saturated carbocycles. The molecule has 0 aliphatic carbocycles. The third-order valence-corrected chi connectivity index (χ3v) is 1.33. The largest absolute Gasteiger partial charge is 2.00 e. The molecule has 2 rings (SSSR count). The van der Waals surface area contributed by atoms with E-state index < -0.39 is 20.8 Å². The fourth-order valence-electron chi connectivity index (χ4n) is 0.872. The van der Waals surface area contributed by atoms with Crippen LogP contribution < -0.4 is 9.97 Å². The minimum atomic E-state index is -5.17. The summed E-state index contributed by atoms with van der Waals surface area (Å²) in [6.45, 7) is 0. The van der Waals surface area contributed by atoms with E-state index in [0.29, 0.717) is 0 Å². The van der Waals surface area contributed by atoms with Crippen molar-refractivity contribution in [2.45, 2.75) is 0 Å². The van der Waals surface area contributed by atoms with Crippen LogP contribution in [0.3, 0.4) is 0 Å². The minimum Gasteiger partial charge on any atom is -0.759 e. The molecule has 0 aliphatic heterocycles. The van der Waals surface area contributed by atoms with Gasteiger partial charge >= 0.3 is 28.7 Å². The van der Waals surface area contributed by atoms with Crippen molar-refractivity contribution in [3.63, 3.8) is 0 Å². The molecule has 0 aromatic carbocycles. The van der Waals surface area contributed by atoms with E-state index in [9.17, 15) is 0 Å². The van der Waals surface area contributed by atoms with Crippen molar-refractivity contribution in [1.82, 2.24) is 9.97 Å². The number of imidazole rings is 2. The number of H-pyrrole nitrogens is 4. The predicted molar refractivity (Wildman–Crippen MR) is 83.9 cm³/mol. The topological polar surface area (TPSA) is 418 Å². The van der Waals surface area contributed by atoms with Crippen LogP contribution in [0, 0.1) is 0 Å². The van der Waals surface area contributed by atoms with Crippen molar-refractivity contribution in [2.75, 3.05) is 0 Å². The molecule has 0 atom stereocenters. The standard InChI is InChI=1S/C6H6N4.Mn.2H2O4S.6H2O/c1-2-8-5(7-1)6-9-3-4-10-6;;2*1-5(2,3)4;;;;;;/h1-4H,(H,7,8)(H,9,10);;2*(H2,1,2,3,4);6*1H2/q;+2;;;;;;;;/p+4. The quantitative estimate of drug-likeness (QED) is 0.164. The molecule has 18 nitrogen and oxygen atoms in total. The van der Waals surface area contributed by atoms with Crippen molar-refractivity contribution in [3.8, 4) is 11.6 Å². The fourth-order valence-corrected chi connectivity index (χ4v) is 0.872. The van der Waals surface area contributed by atoms with E-state index in [-0.39, 0.29) is 49.9 Å². The molecule has 0 unspecified atom stereocenters. The van der Waals surface area contributed by atoms with Crippen LogP contribution in [0.4, 0.5) is 0 Å². The van der Waals surface area contributed by atoms with E-state index >= 15 is 0 Å². The first kappa shape index (κ1) is 50.0. The van der Waals surface area contributed by atoms with Gasteiger partial charge in [-0.25, -0.2) is 19.9 Å². The zero-order chi connectivity index (χ0) is 15.8. The van der Waals surface area contributed by atoms with Gasteiger partial charge in [-0.2, -0.15) is 0 Å². The second-order valence-corrected chi connectivity index (χ2v) is 4.44. The van der Waals surface area contributed by atoms with E-state index in [1.54, 1.807) is 0 Å². The Bertz CT molecular complexity index is 610. The van der Waals surface area contributed by atoms with Crippen LogP contribution in [-0.2, 0) is 70.7 Å². The van der Waals surface area contributed by atoms with Gasteiger partial charge in [0, 0.05) is 20.8 Å². The molecule has 167 valence electrons. The van der Waals surface area contributed by atoms with E-state index in [1.165, 1.54) is 0 Å². The summed E-state index contributed by atoms with van der Waals surface area (Å²) in [5.74, 6) is 1.90. The average molecular weight is 497 g/mol. The molecule has 21 heteroatoms. The first-order chi connectivity index (χ1) is 8.97. The third-order valence-electron chi connectivity index (χ3n) is 1.33. The van der Waals surface area contributed by atoms with Gasteiger partial charge in [-0.15, -0.1) is 0 Å². The maximum atomic E-state index is 8.52. The minimum absolute atomic E-state index is 0. The predicted octanol–water partition coefficient (Wildman–Crippen LogP) is -8.57. The number of aromatic nitrogens is 4. The summed E-state index contributed by atoms with van der Waals surface area (Å²) in [6.07, 6.45) is 7.35. The number of aromatic amines is 4. The molecule has 0 spiro atoms. The Kier molecular flexibility index (Phi) is 41.6. The maximum Gasteiger partial charge on any atom is 2.00 e. The van der Waals surface area contributed by atoms with Gasteiger partial charge in [0.05, 0.1) is 0 Å². The molecule has 0 bridgehead atoms. The van der Waals surface area contributed by atoms with Crippen molar-refractivity contribution in [2.24, 2.45) is 0 Å². The van der Waals surface area contributed by atoms with Gasteiger partial charge in [0.2, 0.25) is 0 Å². The van der Waals surface area contributed by atoms with Gasteiger partial charge in [0.1, 0.15) is 24.8 Å². The van der Waals surface area contributed by atoms with Crippen LogP contribution >= 0.6 is 0 Å². The molecule has 22 N–H and O–H groups in total. The normalized spacial score (nSPS) is 8.00. The van der Waals surface area contributed by atoms with Gasteiger partial charge in [-0.05, 0) is 0 Å². The Morgan fingerprint density at radius 3 is 0.926 bits per heavy atom. The zero-order valence-corrected chi connectivity index (χ0v) is 16.0. The molecule has 0 amide bonds. The summed E-state index contributed by atoms with van der Waals surface area (Å²) in [5.41, 5.74) is 0. The molecule has 0 saturated heterocycles. The number of hydrogen-bond acceptors (Lipinski definition) is 8. The van der Waals surface area contributed by atoms with E-state index in [0.717, 1.165) is 11.6 Å². The van der Waals surface area contributed by atoms with E-state index in [2.05, 4.69) is 19.9 Å². The van der Waals surface area contributed by atoms with Gasteiger partial charge < -0.3 is 51.1 Å². The van der Waals surface area contributed by atoms with Gasteiger partial charge in [0.25, 0.3) is 0 Å². The molecular formula is C6H26MnN4O14S2+6. The van der Waals surface area contributed by atoms with Crippen LogP contribution in [0.5, 0.6) is 0 Å². The van der Waals surface area contributed by atoms with Crippen LogP contribution in [0.1, 0.15) is 0 Å². The Morgan fingerprint density at radius 2 is 0.815 bits per heavy atom. The monoisotopic (exact) mass is 497 g/mol. The van der Waals surface area contributed by atoms with Crippen LogP contribution in [-0.4, -0.2) is 45.0 Å². The summed E-state index contributed by atoms with van der Waals surface area (Å²) >= 11 is 0. The molecule has 2 heterocycles. The molecule has 27 heavy (non-hydrogen) atoms. The van der Waals surface area contributed by atoms with Crippen molar-refractivity contribution < 1.29 is 94.9 Å². The molecule has 0 fully saturated rings. The maximum absolute atomic E-state index is 8.52. The zero-order valence-electron chi connectivity index (χ0n) is 13.2. The second kappa shape index (κ2) is 22.5. The molecule has 2 aromatic heterocycles. The summed E-state index contributed by atoms with van der Waals surface area (Å²) in [6, 6.07) is 0. The van der Waals surface area contributed by atoms with Crippen molar-refractivity contribution >= 4 is 20.8 Å². The molecule has 2 aromatic rings. The molecular weight excluding hydrogens is 471 g/mol. The van der Waals surface area contributed by atoms with E-state index in [4.69, 9.17) is 35.0 Å². The number of nitrogens with one attached hydrogen (secondary N) is 4. The average Bonchev–Trinajstić information content (AvgIpc) is 2.85. The van der Waals surface area contributed by atoms with E-state index in [1.807, 2.05) is 24.8 Å². The Morgan fingerprint density at radius 1 is 0.630 bits per heavy atom. The van der Waals surface area contributed by atoms with Gasteiger partial charge in [-0.3, -0.25) is 16.8 Å². The fraction of sp³-hybridized carbons (Fsp3) is 0. The summed E-state index contributed by atoms with van der Waals surface area (Å²) in [5, 5.41) is 0. The van der Waals surface area contributed by atoms with Crippen LogP contribution in [0.25, 0.3) is 11.6 Å². The second-order valence-electron chi connectivity index (χ2n) is 2.81.